The van der Waals surface area contributed by atoms with E-state index in [4.69, 9.17) is 0 Å². The molecule has 132 valence electrons. The van der Waals surface area contributed by atoms with E-state index in [0.29, 0.717) is 19.4 Å². The Bertz CT molecular complexity index is 392. The first-order chi connectivity index (χ1) is 11.0. The highest BCUT2D eigenvalue weighted by Gasteiger charge is 2.41. The molecule has 2 aliphatic rings. The zero-order chi connectivity index (χ0) is 16.7. The van der Waals surface area contributed by atoms with Crippen molar-refractivity contribution in [2.45, 2.75) is 77.0 Å². The van der Waals surface area contributed by atoms with Crippen LogP contribution in [0.1, 0.15) is 77.0 Å². The first-order valence-electron chi connectivity index (χ1n) is 9.50. The molecule has 2 aliphatic carbocycles. The van der Waals surface area contributed by atoms with Crippen LogP contribution in [-0.4, -0.2) is 37.4 Å². The highest BCUT2D eigenvalue weighted by Crippen LogP contribution is 2.50. The maximum atomic E-state index is 12.5. The largest absolute Gasteiger partial charge is 0.356 e. The minimum atomic E-state index is 0.0743. The third kappa shape index (κ3) is 5.22. The van der Waals surface area contributed by atoms with Crippen LogP contribution >= 0.6 is 0 Å². The van der Waals surface area contributed by atoms with Gasteiger partial charge in [0, 0.05) is 33.5 Å². The fourth-order valence-electron chi connectivity index (χ4n) is 4.61. The second-order valence-electron chi connectivity index (χ2n) is 7.82. The Kier molecular flexibility index (Phi) is 6.91. The van der Waals surface area contributed by atoms with Crippen LogP contribution in [0.4, 0.5) is 0 Å². The van der Waals surface area contributed by atoms with Crippen molar-refractivity contribution in [2.24, 2.45) is 11.3 Å². The monoisotopic (exact) mass is 322 g/mol. The summed E-state index contributed by atoms with van der Waals surface area (Å²) in [6, 6.07) is 0. The van der Waals surface area contributed by atoms with Gasteiger partial charge in [-0.15, -0.1) is 0 Å². The lowest BCUT2D eigenvalue weighted by Crippen LogP contribution is -2.37. The summed E-state index contributed by atoms with van der Waals surface area (Å²) in [5.74, 6) is 0.977. The van der Waals surface area contributed by atoms with Crippen molar-refractivity contribution in [1.82, 2.24) is 10.2 Å². The molecule has 0 heterocycles. The number of nitrogens with one attached hydrogen (secondary N) is 1. The van der Waals surface area contributed by atoms with Gasteiger partial charge in [0.1, 0.15) is 0 Å². The number of hydrogen-bond acceptors (Lipinski definition) is 2. The quantitative estimate of drug-likeness (QED) is 0.761. The molecular weight excluding hydrogens is 288 g/mol. The van der Waals surface area contributed by atoms with Crippen molar-refractivity contribution in [2.75, 3.05) is 20.6 Å². The summed E-state index contributed by atoms with van der Waals surface area (Å²) in [4.78, 5) is 25.7. The zero-order valence-corrected chi connectivity index (χ0v) is 15.0. The molecule has 0 aromatic rings. The van der Waals surface area contributed by atoms with Crippen molar-refractivity contribution in [3.63, 3.8) is 0 Å². The Morgan fingerprint density at radius 1 is 1.00 bits per heavy atom. The molecule has 0 radical (unpaired) electrons. The van der Waals surface area contributed by atoms with Crippen LogP contribution in [0.5, 0.6) is 0 Å². The van der Waals surface area contributed by atoms with Gasteiger partial charge in [0.05, 0.1) is 0 Å². The predicted octanol–water partition coefficient (Wildman–Crippen LogP) is 3.50. The van der Waals surface area contributed by atoms with Crippen molar-refractivity contribution >= 4 is 11.8 Å². The molecule has 0 bridgehead atoms. The second-order valence-corrected chi connectivity index (χ2v) is 7.82. The standard InChI is InChI=1S/C19H34N2O2/c1-21(2)18(23)11-14-20-17(22)15-19(16-9-5-6-10-16)12-7-3-4-8-13-19/h16H,3-15H2,1-2H3,(H,20,22). The maximum Gasteiger partial charge on any atom is 0.223 e. The van der Waals surface area contributed by atoms with E-state index < -0.39 is 0 Å². The van der Waals surface area contributed by atoms with E-state index in [1.807, 2.05) is 0 Å². The van der Waals surface area contributed by atoms with E-state index in [1.165, 1.54) is 64.2 Å². The summed E-state index contributed by atoms with van der Waals surface area (Å²) < 4.78 is 0. The van der Waals surface area contributed by atoms with Gasteiger partial charge in [0.15, 0.2) is 0 Å². The SMILES string of the molecule is CN(C)C(=O)CCNC(=O)CC1(C2CCCC2)CCCCCC1. The third-order valence-electron chi connectivity index (χ3n) is 5.99. The predicted molar refractivity (Wildman–Crippen MR) is 93.0 cm³/mol. The van der Waals surface area contributed by atoms with Gasteiger partial charge >= 0.3 is 0 Å². The number of carbonyl (C=O) groups excluding carboxylic acids is 2. The average Bonchev–Trinajstić information content (AvgIpc) is 2.96. The van der Waals surface area contributed by atoms with Gasteiger partial charge < -0.3 is 10.2 Å². The maximum absolute atomic E-state index is 12.5. The van der Waals surface area contributed by atoms with E-state index in [-0.39, 0.29) is 17.2 Å². The average molecular weight is 322 g/mol. The summed E-state index contributed by atoms with van der Waals surface area (Å²) in [6.07, 6.45) is 14.0. The summed E-state index contributed by atoms with van der Waals surface area (Å²) in [5.41, 5.74) is 0.239. The summed E-state index contributed by atoms with van der Waals surface area (Å²) in [7, 11) is 3.51. The van der Waals surface area contributed by atoms with Crippen LogP contribution in [0, 0.1) is 11.3 Å². The minimum absolute atomic E-state index is 0.0743. The Balaban J connectivity index is 1.89. The molecule has 0 saturated heterocycles. The van der Waals surface area contributed by atoms with E-state index in [0.717, 1.165) is 5.92 Å². The normalized spacial score (nSPS) is 21.7. The lowest BCUT2D eigenvalue weighted by Gasteiger charge is -2.38. The number of carbonyl (C=O) groups is 2. The number of rotatable bonds is 6. The van der Waals surface area contributed by atoms with Crippen molar-refractivity contribution in [1.29, 1.82) is 0 Å². The lowest BCUT2D eigenvalue weighted by molar-refractivity contribution is -0.129. The van der Waals surface area contributed by atoms with Gasteiger partial charge in [-0.3, -0.25) is 9.59 Å². The molecular formula is C19H34N2O2. The number of hydrogen-bond donors (Lipinski definition) is 1. The molecule has 1 N–H and O–H groups in total. The van der Waals surface area contributed by atoms with Gasteiger partial charge in [0.2, 0.25) is 11.8 Å². The molecule has 0 atom stereocenters. The zero-order valence-electron chi connectivity index (χ0n) is 15.0. The molecule has 4 nitrogen and oxygen atoms in total. The van der Waals surface area contributed by atoms with E-state index in [9.17, 15) is 9.59 Å². The van der Waals surface area contributed by atoms with Crippen LogP contribution in [0.3, 0.4) is 0 Å². The van der Waals surface area contributed by atoms with E-state index >= 15 is 0 Å². The highest BCUT2D eigenvalue weighted by atomic mass is 16.2. The number of nitrogens with zero attached hydrogens (tertiary/aromatic N) is 1. The molecule has 0 aromatic heterocycles. The Morgan fingerprint density at radius 2 is 1.61 bits per heavy atom. The summed E-state index contributed by atoms with van der Waals surface area (Å²) in [6.45, 7) is 0.469. The fraction of sp³-hybridized carbons (Fsp3) is 0.895. The van der Waals surface area contributed by atoms with Crippen LogP contribution < -0.4 is 5.32 Å². The smallest absolute Gasteiger partial charge is 0.223 e. The van der Waals surface area contributed by atoms with Crippen LogP contribution in [0.2, 0.25) is 0 Å². The Morgan fingerprint density at radius 3 is 2.17 bits per heavy atom. The molecule has 0 spiro atoms. The molecule has 4 heteroatoms. The molecule has 2 saturated carbocycles. The Labute approximate surface area is 141 Å². The molecule has 2 rings (SSSR count). The first kappa shape index (κ1) is 18.3. The van der Waals surface area contributed by atoms with Crippen LogP contribution in [0.15, 0.2) is 0 Å². The molecule has 0 aliphatic heterocycles. The summed E-state index contributed by atoms with van der Waals surface area (Å²) >= 11 is 0. The highest BCUT2D eigenvalue weighted by molar-refractivity contribution is 5.79. The van der Waals surface area contributed by atoms with Crippen molar-refractivity contribution < 1.29 is 9.59 Å². The van der Waals surface area contributed by atoms with Crippen molar-refractivity contribution in [3.8, 4) is 0 Å². The van der Waals surface area contributed by atoms with E-state index in [2.05, 4.69) is 5.32 Å². The van der Waals surface area contributed by atoms with Gasteiger partial charge in [-0.05, 0) is 37.0 Å². The fourth-order valence-corrected chi connectivity index (χ4v) is 4.61. The van der Waals surface area contributed by atoms with Gasteiger partial charge in [-0.2, -0.15) is 0 Å². The minimum Gasteiger partial charge on any atom is -0.356 e. The molecule has 0 aromatic carbocycles. The van der Waals surface area contributed by atoms with Gasteiger partial charge in [-0.25, -0.2) is 0 Å². The van der Waals surface area contributed by atoms with Crippen LogP contribution in [-0.2, 0) is 9.59 Å². The molecule has 2 fully saturated rings. The van der Waals surface area contributed by atoms with E-state index in [1.54, 1.807) is 19.0 Å². The molecule has 2 amide bonds. The third-order valence-corrected chi connectivity index (χ3v) is 5.99. The molecule has 0 unspecified atom stereocenters. The number of amides is 2. The Hall–Kier alpha value is -1.06. The van der Waals surface area contributed by atoms with Crippen molar-refractivity contribution in [3.05, 3.63) is 0 Å². The van der Waals surface area contributed by atoms with Gasteiger partial charge in [-0.1, -0.05) is 38.5 Å². The second kappa shape index (κ2) is 8.70. The summed E-state index contributed by atoms with van der Waals surface area (Å²) in [5, 5.41) is 3.00. The first-order valence-corrected chi connectivity index (χ1v) is 9.50. The van der Waals surface area contributed by atoms with Gasteiger partial charge in [0.25, 0.3) is 0 Å². The lowest BCUT2D eigenvalue weighted by atomic mass is 9.67. The van der Waals surface area contributed by atoms with Crippen LogP contribution in [0.25, 0.3) is 0 Å². The molecule has 23 heavy (non-hydrogen) atoms. The topological polar surface area (TPSA) is 49.4 Å².